The third-order valence-corrected chi connectivity index (χ3v) is 3.84. The van der Waals surface area contributed by atoms with Crippen LogP contribution in [0.3, 0.4) is 0 Å². The zero-order valence-corrected chi connectivity index (χ0v) is 11.7. The molecule has 1 aromatic carbocycles. The van der Waals surface area contributed by atoms with Crippen molar-refractivity contribution in [2.45, 2.75) is 44.5 Å². The van der Waals surface area contributed by atoms with Gasteiger partial charge >= 0.3 is 6.36 Å². The van der Waals surface area contributed by atoms with Crippen LogP contribution in [0, 0.1) is 5.92 Å². The van der Waals surface area contributed by atoms with Crippen LogP contribution in [0.2, 0.25) is 0 Å². The molecule has 0 bridgehead atoms. The van der Waals surface area contributed by atoms with Crippen molar-refractivity contribution in [3.05, 3.63) is 29.8 Å². The van der Waals surface area contributed by atoms with Gasteiger partial charge in [0, 0.05) is 0 Å². The van der Waals surface area contributed by atoms with E-state index >= 15 is 0 Å². The van der Waals surface area contributed by atoms with Crippen molar-refractivity contribution in [1.82, 2.24) is 0 Å². The number of hydrogen-bond donors (Lipinski definition) is 1. The highest BCUT2D eigenvalue weighted by molar-refractivity contribution is 6.05. The lowest BCUT2D eigenvalue weighted by Crippen LogP contribution is -2.51. The third kappa shape index (κ3) is 3.75. The molecule has 21 heavy (non-hydrogen) atoms. The first-order chi connectivity index (χ1) is 9.71. The first-order valence-corrected chi connectivity index (χ1v) is 6.90. The summed E-state index contributed by atoms with van der Waals surface area (Å²) in [4.78, 5) is 12.6. The molecule has 2 N–H and O–H groups in total. The molecule has 0 aromatic heterocycles. The normalized spacial score (nSPS) is 26.4. The van der Waals surface area contributed by atoms with Crippen LogP contribution in [-0.2, 0) is 0 Å². The number of para-hydroxylation sites is 1. The molecule has 0 amide bonds. The number of alkyl halides is 3. The Hall–Kier alpha value is -1.56. The van der Waals surface area contributed by atoms with E-state index in [0.29, 0.717) is 12.8 Å². The van der Waals surface area contributed by atoms with Gasteiger partial charge in [-0.3, -0.25) is 4.79 Å². The van der Waals surface area contributed by atoms with Crippen LogP contribution in [0.25, 0.3) is 0 Å². The molecule has 0 aliphatic heterocycles. The lowest BCUT2D eigenvalue weighted by atomic mass is 9.73. The fraction of sp³-hybridized carbons (Fsp3) is 0.533. The molecule has 116 valence electrons. The summed E-state index contributed by atoms with van der Waals surface area (Å²) in [5.74, 6) is -0.685. The summed E-state index contributed by atoms with van der Waals surface area (Å²) < 4.78 is 41.2. The second-order valence-corrected chi connectivity index (χ2v) is 5.73. The van der Waals surface area contributed by atoms with Gasteiger partial charge in [0.25, 0.3) is 0 Å². The number of halogens is 3. The highest BCUT2D eigenvalue weighted by Gasteiger charge is 2.40. The summed E-state index contributed by atoms with van der Waals surface area (Å²) in [6.45, 7) is 1.99. The van der Waals surface area contributed by atoms with E-state index in [1.807, 2.05) is 6.92 Å². The Labute approximate surface area is 121 Å². The first kappa shape index (κ1) is 15.8. The molecule has 2 rings (SSSR count). The van der Waals surface area contributed by atoms with Crippen LogP contribution < -0.4 is 10.5 Å². The molecule has 1 aliphatic rings. The van der Waals surface area contributed by atoms with E-state index in [0.717, 1.165) is 18.9 Å². The average molecular weight is 301 g/mol. The van der Waals surface area contributed by atoms with Crippen molar-refractivity contribution < 1.29 is 22.7 Å². The second-order valence-electron chi connectivity index (χ2n) is 5.73. The number of hydrogen-bond acceptors (Lipinski definition) is 3. The number of Topliss-reactive ketones (excluding diaryl/α,β-unsaturated/α-hetero) is 1. The second kappa shape index (κ2) is 5.67. The van der Waals surface area contributed by atoms with Gasteiger partial charge < -0.3 is 10.5 Å². The van der Waals surface area contributed by atoms with E-state index in [1.54, 1.807) is 0 Å². The number of nitrogens with two attached hydrogens (primary N) is 1. The Bertz CT molecular complexity index is 530. The molecule has 0 radical (unpaired) electrons. The van der Waals surface area contributed by atoms with Crippen LogP contribution >= 0.6 is 0 Å². The van der Waals surface area contributed by atoms with Crippen LogP contribution in [-0.4, -0.2) is 17.7 Å². The Morgan fingerprint density at radius 3 is 2.67 bits per heavy atom. The number of benzene rings is 1. The highest BCUT2D eigenvalue weighted by atomic mass is 19.4. The average Bonchev–Trinajstić information content (AvgIpc) is 2.36. The molecule has 1 aromatic rings. The molecule has 0 saturated heterocycles. The number of ketones is 1. The van der Waals surface area contributed by atoms with Crippen LogP contribution in [0.5, 0.6) is 5.75 Å². The standard InChI is InChI=1S/C15H18F3NO2/c1-10-5-4-8-14(19,9-10)13(20)11-6-2-3-7-12(11)21-15(16,17)18/h2-3,6-7,10H,4-5,8-9,19H2,1H3. The van der Waals surface area contributed by atoms with Crippen LogP contribution in [0.4, 0.5) is 13.2 Å². The van der Waals surface area contributed by atoms with E-state index in [2.05, 4.69) is 4.74 Å². The number of ether oxygens (including phenoxy) is 1. The molecule has 6 heteroatoms. The predicted octanol–water partition coefficient (Wildman–Crippen LogP) is 3.68. The summed E-state index contributed by atoms with van der Waals surface area (Å²) in [6, 6.07) is 5.37. The Morgan fingerprint density at radius 2 is 2.05 bits per heavy atom. The van der Waals surface area contributed by atoms with Gasteiger partial charge in [-0.2, -0.15) is 0 Å². The van der Waals surface area contributed by atoms with E-state index in [-0.39, 0.29) is 11.5 Å². The maximum absolute atomic E-state index is 12.6. The van der Waals surface area contributed by atoms with Gasteiger partial charge in [-0.1, -0.05) is 31.9 Å². The first-order valence-electron chi connectivity index (χ1n) is 6.90. The van der Waals surface area contributed by atoms with Crippen molar-refractivity contribution in [3.63, 3.8) is 0 Å². The van der Waals surface area contributed by atoms with Crippen molar-refractivity contribution in [2.75, 3.05) is 0 Å². The van der Waals surface area contributed by atoms with Gasteiger partial charge in [-0.15, -0.1) is 13.2 Å². The molecule has 2 atom stereocenters. The topological polar surface area (TPSA) is 52.3 Å². The molecular weight excluding hydrogens is 283 g/mol. The molecule has 3 nitrogen and oxygen atoms in total. The van der Waals surface area contributed by atoms with Gasteiger partial charge in [0.1, 0.15) is 5.75 Å². The largest absolute Gasteiger partial charge is 0.573 e. The number of carbonyl (C=O) groups is 1. The molecular formula is C15H18F3NO2. The van der Waals surface area contributed by atoms with Gasteiger partial charge in [-0.05, 0) is 30.9 Å². The van der Waals surface area contributed by atoms with Crippen molar-refractivity contribution in [1.29, 1.82) is 0 Å². The minimum atomic E-state index is -4.84. The summed E-state index contributed by atoms with van der Waals surface area (Å²) in [7, 11) is 0. The van der Waals surface area contributed by atoms with Gasteiger partial charge in [0.2, 0.25) is 0 Å². The minimum Gasteiger partial charge on any atom is -0.405 e. The molecule has 1 fully saturated rings. The maximum Gasteiger partial charge on any atom is 0.573 e. The Morgan fingerprint density at radius 1 is 1.38 bits per heavy atom. The van der Waals surface area contributed by atoms with Gasteiger partial charge in [0.05, 0.1) is 11.1 Å². The molecule has 2 unspecified atom stereocenters. The minimum absolute atomic E-state index is 0.105. The summed E-state index contributed by atoms with van der Waals surface area (Å²) in [5.41, 5.74) is 4.96. The van der Waals surface area contributed by atoms with Crippen LogP contribution in [0.1, 0.15) is 43.0 Å². The predicted molar refractivity (Wildman–Crippen MR) is 72.0 cm³/mol. The molecule has 1 saturated carbocycles. The quantitative estimate of drug-likeness (QED) is 0.867. The van der Waals surface area contributed by atoms with Crippen molar-refractivity contribution >= 4 is 5.78 Å². The Kier molecular flexibility index (Phi) is 4.27. The summed E-state index contributed by atoms with van der Waals surface area (Å²) in [6.07, 6.45) is -2.10. The number of carbonyl (C=O) groups excluding carboxylic acids is 1. The van der Waals surface area contributed by atoms with E-state index < -0.39 is 23.4 Å². The molecule has 0 spiro atoms. The van der Waals surface area contributed by atoms with Crippen molar-refractivity contribution in [3.8, 4) is 5.75 Å². The fourth-order valence-electron chi connectivity index (χ4n) is 2.93. The highest BCUT2D eigenvalue weighted by Crippen LogP contribution is 2.35. The zero-order valence-electron chi connectivity index (χ0n) is 11.7. The van der Waals surface area contributed by atoms with Gasteiger partial charge in [0.15, 0.2) is 5.78 Å². The maximum atomic E-state index is 12.6. The lowest BCUT2D eigenvalue weighted by Gasteiger charge is -2.35. The van der Waals surface area contributed by atoms with Crippen LogP contribution in [0.15, 0.2) is 24.3 Å². The zero-order chi connectivity index (χ0) is 15.7. The summed E-state index contributed by atoms with van der Waals surface area (Å²) >= 11 is 0. The third-order valence-electron chi connectivity index (χ3n) is 3.84. The summed E-state index contributed by atoms with van der Waals surface area (Å²) in [5, 5.41) is 0. The molecule has 0 heterocycles. The van der Waals surface area contributed by atoms with E-state index in [4.69, 9.17) is 5.73 Å². The monoisotopic (exact) mass is 301 g/mol. The Balaban J connectivity index is 2.31. The SMILES string of the molecule is CC1CCCC(N)(C(=O)c2ccccc2OC(F)(F)F)C1. The number of rotatable bonds is 3. The lowest BCUT2D eigenvalue weighted by molar-refractivity contribution is -0.274. The van der Waals surface area contributed by atoms with E-state index in [9.17, 15) is 18.0 Å². The fourth-order valence-corrected chi connectivity index (χ4v) is 2.93. The molecule has 1 aliphatic carbocycles. The van der Waals surface area contributed by atoms with Crippen molar-refractivity contribution in [2.24, 2.45) is 11.7 Å². The smallest absolute Gasteiger partial charge is 0.405 e. The van der Waals surface area contributed by atoms with Gasteiger partial charge in [-0.25, -0.2) is 0 Å². The van der Waals surface area contributed by atoms with E-state index in [1.165, 1.54) is 18.2 Å².